The minimum absolute atomic E-state index is 0.0233. The second-order valence-electron chi connectivity index (χ2n) is 3.76. The summed E-state index contributed by atoms with van der Waals surface area (Å²) in [5, 5.41) is 0. The van der Waals surface area contributed by atoms with Crippen molar-refractivity contribution in [1.29, 1.82) is 0 Å². The molecule has 0 aromatic heterocycles. The van der Waals surface area contributed by atoms with Gasteiger partial charge in [-0.3, -0.25) is 0 Å². The zero-order chi connectivity index (χ0) is 11.6. The van der Waals surface area contributed by atoms with Crippen molar-refractivity contribution in [3.63, 3.8) is 0 Å². The first-order valence-corrected chi connectivity index (χ1v) is 5.62. The predicted molar refractivity (Wildman–Crippen MR) is 65.0 cm³/mol. The lowest BCUT2D eigenvalue weighted by molar-refractivity contribution is -0.0137. The Morgan fingerprint density at radius 2 is 1.33 bits per heavy atom. The Hall–Kier alpha value is -0.600. The van der Waals surface area contributed by atoms with Crippen LogP contribution in [0.4, 0.5) is 0 Å². The summed E-state index contributed by atoms with van der Waals surface area (Å²) in [6.07, 6.45) is 5.67. The molecule has 2 heteroatoms. The highest BCUT2D eigenvalue weighted by Crippen LogP contribution is 2.28. The molecule has 0 spiro atoms. The third kappa shape index (κ3) is 5.75. The predicted octanol–water partition coefficient (Wildman–Crippen LogP) is 3.20. The molecular formula is C13H24O2. The van der Waals surface area contributed by atoms with E-state index in [1.165, 1.54) is 0 Å². The normalized spacial score (nSPS) is 11.3. The molecule has 0 radical (unpaired) electrons. The summed E-state index contributed by atoms with van der Waals surface area (Å²) >= 11 is 0. The molecule has 0 rings (SSSR count). The van der Waals surface area contributed by atoms with Crippen molar-refractivity contribution in [2.75, 3.05) is 26.4 Å². The smallest absolute Gasteiger partial charge is 0.0550 e. The SMILES string of the molecule is C=CCC(CC=C)(COCC)COCC. The van der Waals surface area contributed by atoms with Crippen molar-refractivity contribution < 1.29 is 9.47 Å². The fourth-order valence-electron chi connectivity index (χ4n) is 1.61. The van der Waals surface area contributed by atoms with Crippen LogP contribution in [0, 0.1) is 5.41 Å². The van der Waals surface area contributed by atoms with Gasteiger partial charge in [0, 0.05) is 18.6 Å². The average molecular weight is 212 g/mol. The molecule has 0 N–H and O–H groups in total. The molecule has 0 fully saturated rings. The van der Waals surface area contributed by atoms with Gasteiger partial charge in [-0.05, 0) is 26.7 Å². The van der Waals surface area contributed by atoms with E-state index in [-0.39, 0.29) is 5.41 Å². The van der Waals surface area contributed by atoms with Gasteiger partial charge in [0.2, 0.25) is 0 Å². The molecule has 0 aromatic rings. The number of ether oxygens (including phenoxy) is 2. The first kappa shape index (κ1) is 14.4. The molecule has 0 heterocycles. The van der Waals surface area contributed by atoms with Gasteiger partial charge in [-0.1, -0.05) is 12.2 Å². The lowest BCUT2D eigenvalue weighted by atomic mass is 9.82. The molecule has 0 aliphatic rings. The van der Waals surface area contributed by atoms with Gasteiger partial charge in [-0.15, -0.1) is 13.2 Å². The standard InChI is InChI=1S/C13H24O2/c1-5-9-13(10-6-2,11-14-7-3)12-15-8-4/h5-6H,1-2,7-12H2,3-4H3. The van der Waals surface area contributed by atoms with Crippen LogP contribution in [0.15, 0.2) is 25.3 Å². The molecule has 0 aliphatic heterocycles. The van der Waals surface area contributed by atoms with Crippen molar-refractivity contribution in [2.24, 2.45) is 5.41 Å². The van der Waals surface area contributed by atoms with E-state index in [9.17, 15) is 0 Å². The second kappa shape index (κ2) is 8.69. The Kier molecular flexibility index (Phi) is 8.34. The molecule has 0 saturated heterocycles. The average Bonchev–Trinajstić information content (AvgIpc) is 2.24. The van der Waals surface area contributed by atoms with Gasteiger partial charge in [0.05, 0.1) is 13.2 Å². The van der Waals surface area contributed by atoms with Crippen LogP contribution in [0.25, 0.3) is 0 Å². The van der Waals surface area contributed by atoms with E-state index in [1.807, 2.05) is 26.0 Å². The van der Waals surface area contributed by atoms with Crippen LogP contribution in [0.1, 0.15) is 26.7 Å². The molecule has 0 atom stereocenters. The molecule has 88 valence electrons. The Balaban J connectivity index is 4.38. The van der Waals surface area contributed by atoms with Crippen LogP contribution in [-0.4, -0.2) is 26.4 Å². The maximum Gasteiger partial charge on any atom is 0.0550 e. The van der Waals surface area contributed by atoms with E-state index in [0.717, 1.165) is 26.1 Å². The maximum absolute atomic E-state index is 5.53. The largest absolute Gasteiger partial charge is 0.381 e. The minimum atomic E-state index is 0.0233. The Morgan fingerprint density at radius 1 is 0.933 bits per heavy atom. The van der Waals surface area contributed by atoms with Crippen molar-refractivity contribution in [1.82, 2.24) is 0 Å². The van der Waals surface area contributed by atoms with E-state index >= 15 is 0 Å². The fourth-order valence-corrected chi connectivity index (χ4v) is 1.61. The summed E-state index contributed by atoms with van der Waals surface area (Å²) in [5.41, 5.74) is 0.0233. The van der Waals surface area contributed by atoms with Crippen LogP contribution < -0.4 is 0 Å². The Bertz CT molecular complexity index is 155. The Labute approximate surface area is 94.0 Å². The van der Waals surface area contributed by atoms with E-state index in [4.69, 9.17) is 9.47 Å². The third-order valence-corrected chi connectivity index (χ3v) is 2.38. The number of rotatable bonds is 10. The lowest BCUT2D eigenvalue weighted by Gasteiger charge is -2.31. The molecule has 0 unspecified atom stereocenters. The van der Waals surface area contributed by atoms with Gasteiger partial charge in [-0.25, -0.2) is 0 Å². The van der Waals surface area contributed by atoms with Crippen LogP contribution in [0.3, 0.4) is 0 Å². The van der Waals surface area contributed by atoms with Gasteiger partial charge < -0.3 is 9.47 Å². The highest BCUT2D eigenvalue weighted by atomic mass is 16.5. The summed E-state index contributed by atoms with van der Waals surface area (Å²) in [6.45, 7) is 14.5. The molecule has 0 aromatic carbocycles. The first-order chi connectivity index (χ1) is 7.24. The van der Waals surface area contributed by atoms with Crippen molar-refractivity contribution in [3.05, 3.63) is 25.3 Å². The van der Waals surface area contributed by atoms with Crippen molar-refractivity contribution in [3.8, 4) is 0 Å². The van der Waals surface area contributed by atoms with E-state index in [1.54, 1.807) is 0 Å². The third-order valence-electron chi connectivity index (χ3n) is 2.38. The summed E-state index contributed by atoms with van der Waals surface area (Å²) < 4.78 is 11.1. The number of hydrogen-bond donors (Lipinski definition) is 0. The summed E-state index contributed by atoms with van der Waals surface area (Å²) in [7, 11) is 0. The highest BCUT2D eigenvalue weighted by molar-refractivity contribution is 4.91. The molecule has 2 nitrogen and oxygen atoms in total. The van der Waals surface area contributed by atoms with Gasteiger partial charge in [-0.2, -0.15) is 0 Å². The summed E-state index contributed by atoms with van der Waals surface area (Å²) in [6, 6.07) is 0. The zero-order valence-electron chi connectivity index (χ0n) is 10.1. The molecule has 15 heavy (non-hydrogen) atoms. The van der Waals surface area contributed by atoms with Gasteiger partial charge in [0.15, 0.2) is 0 Å². The number of allylic oxidation sites excluding steroid dienone is 2. The van der Waals surface area contributed by atoms with E-state index in [2.05, 4.69) is 13.2 Å². The van der Waals surface area contributed by atoms with E-state index in [0.29, 0.717) is 13.2 Å². The minimum Gasteiger partial charge on any atom is -0.381 e. The fraction of sp³-hybridized carbons (Fsp3) is 0.692. The summed E-state index contributed by atoms with van der Waals surface area (Å²) in [4.78, 5) is 0. The molecule has 0 saturated carbocycles. The quantitative estimate of drug-likeness (QED) is 0.518. The zero-order valence-corrected chi connectivity index (χ0v) is 10.1. The first-order valence-electron chi connectivity index (χ1n) is 5.62. The molecule has 0 amide bonds. The van der Waals surface area contributed by atoms with Crippen LogP contribution in [-0.2, 0) is 9.47 Å². The second-order valence-corrected chi connectivity index (χ2v) is 3.76. The van der Waals surface area contributed by atoms with Crippen molar-refractivity contribution >= 4 is 0 Å². The summed E-state index contributed by atoms with van der Waals surface area (Å²) in [5.74, 6) is 0. The van der Waals surface area contributed by atoms with E-state index < -0.39 is 0 Å². The van der Waals surface area contributed by atoms with Gasteiger partial charge >= 0.3 is 0 Å². The van der Waals surface area contributed by atoms with Gasteiger partial charge in [0.25, 0.3) is 0 Å². The van der Waals surface area contributed by atoms with Crippen LogP contribution in [0.2, 0.25) is 0 Å². The highest BCUT2D eigenvalue weighted by Gasteiger charge is 2.28. The maximum atomic E-state index is 5.53. The Morgan fingerprint density at radius 3 is 1.60 bits per heavy atom. The molecule has 0 aliphatic carbocycles. The van der Waals surface area contributed by atoms with Crippen LogP contribution >= 0.6 is 0 Å². The monoisotopic (exact) mass is 212 g/mol. The number of hydrogen-bond acceptors (Lipinski definition) is 2. The van der Waals surface area contributed by atoms with Crippen molar-refractivity contribution in [2.45, 2.75) is 26.7 Å². The molecular weight excluding hydrogens is 188 g/mol. The molecule has 0 bridgehead atoms. The van der Waals surface area contributed by atoms with Gasteiger partial charge in [0.1, 0.15) is 0 Å². The van der Waals surface area contributed by atoms with Crippen LogP contribution in [0.5, 0.6) is 0 Å². The lowest BCUT2D eigenvalue weighted by Crippen LogP contribution is -2.31. The topological polar surface area (TPSA) is 18.5 Å².